The minimum atomic E-state index is 0.314. The topological polar surface area (TPSA) is 43.0 Å². The van der Waals surface area contributed by atoms with E-state index >= 15 is 0 Å². The molecule has 0 spiro atoms. The summed E-state index contributed by atoms with van der Waals surface area (Å²) in [5, 5.41) is 9.31. The van der Waals surface area contributed by atoms with Crippen LogP contribution in [0.15, 0.2) is 34.9 Å². The molecule has 3 heterocycles. The second-order valence-corrected chi connectivity index (χ2v) is 5.41. The highest BCUT2D eigenvalue weighted by Gasteiger charge is 2.25. The van der Waals surface area contributed by atoms with Crippen molar-refractivity contribution in [1.29, 1.82) is 0 Å². The second-order valence-electron chi connectivity index (χ2n) is 5.41. The van der Waals surface area contributed by atoms with Gasteiger partial charge in [-0.2, -0.15) is 5.10 Å². The van der Waals surface area contributed by atoms with Crippen molar-refractivity contribution in [2.75, 3.05) is 6.54 Å². The van der Waals surface area contributed by atoms with Crippen LogP contribution in [0.4, 0.5) is 0 Å². The minimum absolute atomic E-state index is 0.314. The molecule has 0 aliphatic carbocycles. The number of aromatic nitrogens is 2. The Morgan fingerprint density at radius 2 is 2.25 bits per heavy atom. The van der Waals surface area contributed by atoms with Crippen molar-refractivity contribution in [3.05, 3.63) is 41.8 Å². The standard InChI is InChI=1S/C16H17N3O/c1-10-14-12(6-8-17-10)15(19(2)18-14)13-5-3-4-11-7-9-20-16(11)13/h3-5,7,9-10,17H,6,8H2,1-2H3/t10-/m0/s1. The Morgan fingerprint density at radius 3 is 3.15 bits per heavy atom. The Hall–Kier alpha value is -2.07. The van der Waals surface area contributed by atoms with E-state index < -0.39 is 0 Å². The SMILES string of the molecule is C[C@@H]1NCCc2c1nn(C)c2-c1cccc2ccoc12. The van der Waals surface area contributed by atoms with Crippen LogP contribution in [0, 0.1) is 0 Å². The predicted molar refractivity (Wildman–Crippen MR) is 78.5 cm³/mol. The molecule has 0 bridgehead atoms. The molecule has 0 fully saturated rings. The molecule has 2 aromatic heterocycles. The molecule has 0 radical (unpaired) electrons. The monoisotopic (exact) mass is 267 g/mol. The lowest BCUT2D eigenvalue weighted by Crippen LogP contribution is -2.27. The van der Waals surface area contributed by atoms with Crippen molar-refractivity contribution >= 4 is 11.0 Å². The van der Waals surface area contributed by atoms with E-state index in [1.165, 1.54) is 11.3 Å². The highest BCUT2D eigenvalue weighted by atomic mass is 16.3. The fraction of sp³-hybridized carbons (Fsp3) is 0.312. The van der Waals surface area contributed by atoms with Crippen LogP contribution in [0.5, 0.6) is 0 Å². The minimum Gasteiger partial charge on any atom is -0.464 e. The van der Waals surface area contributed by atoms with Crippen LogP contribution < -0.4 is 5.32 Å². The molecule has 0 saturated heterocycles. The van der Waals surface area contributed by atoms with Crippen LogP contribution in [-0.4, -0.2) is 16.3 Å². The van der Waals surface area contributed by atoms with Crippen LogP contribution in [0.3, 0.4) is 0 Å². The summed E-state index contributed by atoms with van der Waals surface area (Å²) in [5.41, 5.74) is 5.79. The summed E-state index contributed by atoms with van der Waals surface area (Å²) < 4.78 is 7.68. The lowest BCUT2D eigenvalue weighted by Gasteiger charge is -2.19. The molecule has 0 unspecified atom stereocenters. The van der Waals surface area contributed by atoms with Gasteiger partial charge in [-0.25, -0.2) is 0 Å². The highest BCUT2D eigenvalue weighted by Crippen LogP contribution is 2.35. The van der Waals surface area contributed by atoms with Gasteiger partial charge in [0.15, 0.2) is 0 Å². The molecule has 1 aliphatic heterocycles. The molecule has 1 N–H and O–H groups in total. The van der Waals surface area contributed by atoms with Crippen molar-refractivity contribution < 1.29 is 4.42 Å². The van der Waals surface area contributed by atoms with Crippen LogP contribution in [0.25, 0.3) is 22.2 Å². The molecule has 0 amide bonds. The summed E-state index contributed by atoms with van der Waals surface area (Å²) >= 11 is 0. The van der Waals surface area contributed by atoms with Gasteiger partial charge in [0.05, 0.1) is 17.7 Å². The third-order valence-electron chi connectivity index (χ3n) is 4.15. The van der Waals surface area contributed by atoms with E-state index in [1.54, 1.807) is 6.26 Å². The number of furan rings is 1. The van der Waals surface area contributed by atoms with E-state index in [1.807, 2.05) is 17.8 Å². The first-order valence-corrected chi connectivity index (χ1v) is 7.01. The Labute approximate surface area is 117 Å². The Balaban J connectivity index is 2.01. The first kappa shape index (κ1) is 11.7. The van der Waals surface area contributed by atoms with E-state index in [2.05, 4.69) is 30.4 Å². The number of hydrogen-bond donors (Lipinski definition) is 1. The zero-order valence-electron chi connectivity index (χ0n) is 11.7. The maximum atomic E-state index is 5.69. The summed E-state index contributed by atoms with van der Waals surface area (Å²) in [6.07, 6.45) is 2.76. The van der Waals surface area contributed by atoms with Gasteiger partial charge in [0, 0.05) is 29.6 Å². The van der Waals surface area contributed by atoms with E-state index in [0.717, 1.165) is 35.2 Å². The summed E-state index contributed by atoms with van der Waals surface area (Å²) in [7, 11) is 2.02. The Kier molecular flexibility index (Phi) is 2.47. The van der Waals surface area contributed by atoms with Crippen LogP contribution >= 0.6 is 0 Å². The molecule has 0 saturated carbocycles. The highest BCUT2D eigenvalue weighted by molar-refractivity contribution is 5.92. The van der Waals surface area contributed by atoms with Gasteiger partial charge in [-0.05, 0) is 32.0 Å². The average Bonchev–Trinajstić information content (AvgIpc) is 3.03. The number of fused-ring (bicyclic) bond motifs is 2. The zero-order valence-corrected chi connectivity index (χ0v) is 11.7. The van der Waals surface area contributed by atoms with Gasteiger partial charge < -0.3 is 9.73 Å². The number of para-hydroxylation sites is 1. The fourth-order valence-electron chi connectivity index (χ4n) is 3.21. The molecular formula is C16H17N3O. The molecule has 3 aromatic rings. The van der Waals surface area contributed by atoms with Crippen molar-refractivity contribution in [3.63, 3.8) is 0 Å². The third kappa shape index (κ3) is 1.55. The van der Waals surface area contributed by atoms with Gasteiger partial charge >= 0.3 is 0 Å². The average molecular weight is 267 g/mol. The summed E-state index contributed by atoms with van der Waals surface area (Å²) in [5.74, 6) is 0. The lowest BCUT2D eigenvalue weighted by atomic mass is 9.96. The molecular weight excluding hydrogens is 250 g/mol. The largest absolute Gasteiger partial charge is 0.464 e. The first-order valence-electron chi connectivity index (χ1n) is 7.01. The predicted octanol–water partition coefficient (Wildman–Crippen LogP) is 3.04. The second kappa shape index (κ2) is 4.21. The summed E-state index contributed by atoms with van der Waals surface area (Å²) in [6.45, 7) is 3.17. The van der Waals surface area contributed by atoms with Gasteiger partial charge in [-0.15, -0.1) is 0 Å². The Bertz CT molecular complexity index is 784. The first-order chi connectivity index (χ1) is 9.75. The molecule has 4 heteroatoms. The molecule has 1 aliphatic rings. The maximum absolute atomic E-state index is 5.69. The Morgan fingerprint density at radius 1 is 1.35 bits per heavy atom. The van der Waals surface area contributed by atoms with Gasteiger partial charge in [0.2, 0.25) is 0 Å². The van der Waals surface area contributed by atoms with Crippen molar-refractivity contribution in [1.82, 2.24) is 15.1 Å². The number of rotatable bonds is 1. The van der Waals surface area contributed by atoms with E-state index in [9.17, 15) is 0 Å². The number of benzene rings is 1. The number of nitrogens with one attached hydrogen (secondary N) is 1. The maximum Gasteiger partial charge on any atom is 0.143 e. The number of hydrogen-bond acceptors (Lipinski definition) is 3. The van der Waals surface area contributed by atoms with Crippen LogP contribution in [0.2, 0.25) is 0 Å². The van der Waals surface area contributed by atoms with Gasteiger partial charge in [-0.3, -0.25) is 4.68 Å². The van der Waals surface area contributed by atoms with Crippen molar-refractivity contribution in [2.45, 2.75) is 19.4 Å². The van der Waals surface area contributed by atoms with Crippen LogP contribution in [0.1, 0.15) is 24.2 Å². The third-order valence-corrected chi connectivity index (χ3v) is 4.15. The molecule has 4 nitrogen and oxygen atoms in total. The van der Waals surface area contributed by atoms with Crippen molar-refractivity contribution in [2.24, 2.45) is 7.05 Å². The number of nitrogens with zero attached hydrogens (tertiary/aromatic N) is 2. The zero-order chi connectivity index (χ0) is 13.7. The molecule has 102 valence electrons. The van der Waals surface area contributed by atoms with Gasteiger partial charge in [0.25, 0.3) is 0 Å². The van der Waals surface area contributed by atoms with E-state index in [4.69, 9.17) is 9.52 Å². The molecule has 1 aromatic carbocycles. The van der Waals surface area contributed by atoms with Gasteiger partial charge in [0.1, 0.15) is 5.58 Å². The molecule has 1 atom stereocenters. The summed E-state index contributed by atoms with van der Waals surface area (Å²) in [6, 6.07) is 8.60. The van der Waals surface area contributed by atoms with E-state index in [-0.39, 0.29) is 0 Å². The number of aryl methyl sites for hydroxylation is 1. The van der Waals surface area contributed by atoms with E-state index in [0.29, 0.717) is 6.04 Å². The molecule has 20 heavy (non-hydrogen) atoms. The van der Waals surface area contributed by atoms with Crippen molar-refractivity contribution in [3.8, 4) is 11.3 Å². The summed E-state index contributed by atoms with van der Waals surface area (Å²) in [4.78, 5) is 0. The fourth-order valence-corrected chi connectivity index (χ4v) is 3.21. The smallest absolute Gasteiger partial charge is 0.143 e. The quantitative estimate of drug-likeness (QED) is 0.737. The lowest BCUT2D eigenvalue weighted by molar-refractivity contribution is 0.525. The normalized spacial score (nSPS) is 18.4. The van der Waals surface area contributed by atoms with Gasteiger partial charge in [-0.1, -0.05) is 12.1 Å². The molecule has 4 rings (SSSR count). The van der Waals surface area contributed by atoms with Crippen LogP contribution in [-0.2, 0) is 13.5 Å².